The van der Waals surface area contributed by atoms with Gasteiger partial charge in [-0.25, -0.2) is 31.8 Å². The molecule has 1 aromatic carbocycles. The summed E-state index contributed by atoms with van der Waals surface area (Å²) in [6.45, 7) is 5.36. The Morgan fingerprint density at radius 1 is 1.22 bits per heavy atom. The maximum Gasteiger partial charge on any atom is 0.333 e. The minimum Gasteiger partial charge on any atom is -0.345 e. The van der Waals surface area contributed by atoms with Gasteiger partial charge in [-0.2, -0.15) is 0 Å². The summed E-state index contributed by atoms with van der Waals surface area (Å²) >= 11 is 0. The molecule has 37 heavy (non-hydrogen) atoms. The molecule has 3 amide bonds. The standard InChI is InChI=1S/C22H24F3N5O6S/c1-4-14-17(11-29(3)19(14)20(31)26-13-8-15(23)18(25)16(24)9-13)37(34,35)28-12-6-7-30(10-12)22(33)21(32)27-36-5-2/h4,8-9,11-12,28H,1,5-7,10H2,2-3H3,(H,26,31)(H,27,32)/t12-/m1/s1. The largest absolute Gasteiger partial charge is 0.345 e. The number of amides is 3. The van der Waals surface area contributed by atoms with Gasteiger partial charge >= 0.3 is 11.8 Å². The number of likely N-dealkylation sites (tertiary alicyclic amines) is 1. The third kappa shape index (κ3) is 6.00. The van der Waals surface area contributed by atoms with Gasteiger partial charge in [0.2, 0.25) is 10.0 Å². The van der Waals surface area contributed by atoms with Crippen molar-refractivity contribution >= 4 is 39.5 Å². The van der Waals surface area contributed by atoms with Crippen LogP contribution in [0.25, 0.3) is 6.08 Å². The molecule has 1 saturated heterocycles. The van der Waals surface area contributed by atoms with Gasteiger partial charge < -0.3 is 14.8 Å². The first-order chi connectivity index (χ1) is 17.4. The van der Waals surface area contributed by atoms with Crippen molar-refractivity contribution in [1.29, 1.82) is 0 Å². The van der Waals surface area contributed by atoms with Crippen LogP contribution in [0.4, 0.5) is 18.9 Å². The van der Waals surface area contributed by atoms with E-state index in [1.54, 1.807) is 6.92 Å². The minimum atomic E-state index is -4.25. The second-order valence-corrected chi connectivity index (χ2v) is 9.68. The van der Waals surface area contributed by atoms with Crippen LogP contribution in [0.1, 0.15) is 29.4 Å². The lowest BCUT2D eigenvalue weighted by Crippen LogP contribution is -2.44. The fourth-order valence-corrected chi connectivity index (χ4v) is 5.30. The highest BCUT2D eigenvalue weighted by Crippen LogP contribution is 2.26. The third-order valence-electron chi connectivity index (χ3n) is 5.44. The van der Waals surface area contributed by atoms with Crippen molar-refractivity contribution in [3.05, 3.63) is 53.6 Å². The molecule has 15 heteroatoms. The van der Waals surface area contributed by atoms with Gasteiger partial charge in [0.1, 0.15) is 10.6 Å². The molecule has 0 bridgehead atoms. The van der Waals surface area contributed by atoms with E-state index in [4.69, 9.17) is 4.84 Å². The van der Waals surface area contributed by atoms with Crippen LogP contribution in [-0.2, 0) is 31.5 Å². The van der Waals surface area contributed by atoms with E-state index < -0.39 is 51.2 Å². The molecule has 1 fully saturated rings. The number of aryl methyl sites for hydroxylation is 1. The normalized spacial score (nSPS) is 15.5. The number of sulfonamides is 1. The Balaban J connectivity index is 1.78. The van der Waals surface area contributed by atoms with Gasteiger partial charge in [-0.3, -0.25) is 19.2 Å². The molecule has 1 aliphatic rings. The lowest BCUT2D eigenvalue weighted by Gasteiger charge is -2.16. The van der Waals surface area contributed by atoms with E-state index in [1.807, 2.05) is 5.48 Å². The Morgan fingerprint density at radius 3 is 2.46 bits per heavy atom. The molecule has 0 saturated carbocycles. The Bertz CT molecular complexity index is 1340. The molecular weight excluding hydrogens is 519 g/mol. The third-order valence-corrected chi connectivity index (χ3v) is 6.98. The predicted octanol–water partition coefficient (Wildman–Crippen LogP) is 1.28. The van der Waals surface area contributed by atoms with Crippen LogP contribution in [0, 0.1) is 17.5 Å². The summed E-state index contributed by atoms with van der Waals surface area (Å²) in [6.07, 6.45) is 2.49. The van der Waals surface area contributed by atoms with Crippen LogP contribution in [0.3, 0.4) is 0 Å². The average molecular weight is 544 g/mol. The zero-order valence-electron chi connectivity index (χ0n) is 19.8. The summed E-state index contributed by atoms with van der Waals surface area (Å²) < 4.78 is 70.2. The molecule has 1 aromatic heterocycles. The summed E-state index contributed by atoms with van der Waals surface area (Å²) in [5, 5.41) is 2.20. The van der Waals surface area contributed by atoms with Crippen molar-refractivity contribution in [3.8, 4) is 0 Å². The maximum atomic E-state index is 13.5. The second-order valence-electron chi connectivity index (χ2n) is 8.00. The Morgan fingerprint density at radius 2 is 1.86 bits per heavy atom. The zero-order chi connectivity index (χ0) is 27.5. The monoisotopic (exact) mass is 543 g/mol. The Labute approximate surface area is 210 Å². The molecule has 1 aliphatic heterocycles. The van der Waals surface area contributed by atoms with E-state index in [2.05, 4.69) is 16.6 Å². The molecule has 2 aromatic rings. The fraction of sp³-hybridized carbons (Fsp3) is 0.318. The number of anilines is 1. The van der Waals surface area contributed by atoms with E-state index in [0.29, 0.717) is 12.1 Å². The van der Waals surface area contributed by atoms with Gasteiger partial charge in [0.25, 0.3) is 5.91 Å². The van der Waals surface area contributed by atoms with Gasteiger partial charge in [0.15, 0.2) is 17.5 Å². The van der Waals surface area contributed by atoms with Crippen LogP contribution in [0.15, 0.2) is 29.8 Å². The number of aromatic nitrogens is 1. The Hall–Kier alpha value is -3.69. The van der Waals surface area contributed by atoms with Crippen molar-refractivity contribution in [2.45, 2.75) is 24.3 Å². The molecule has 200 valence electrons. The van der Waals surface area contributed by atoms with Gasteiger partial charge in [0.05, 0.1) is 6.61 Å². The second kappa shape index (κ2) is 11.1. The van der Waals surface area contributed by atoms with Gasteiger partial charge in [-0.15, -0.1) is 0 Å². The molecule has 0 radical (unpaired) electrons. The molecular formula is C22H24F3N5O6S. The van der Waals surface area contributed by atoms with E-state index in [-0.39, 0.29) is 48.0 Å². The quantitative estimate of drug-likeness (QED) is 0.261. The first kappa shape index (κ1) is 27.9. The number of nitrogens with one attached hydrogen (secondary N) is 3. The first-order valence-electron chi connectivity index (χ1n) is 10.9. The highest BCUT2D eigenvalue weighted by atomic mass is 32.2. The van der Waals surface area contributed by atoms with Crippen LogP contribution in [0.5, 0.6) is 0 Å². The zero-order valence-corrected chi connectivity index (χ0v) is 20.6. The number of hydrogen-bond acceptors (Lipinski definition) is 6. The molecule has 0 spiro atoms. The van der Waals surface area contributed by atoms with E-state index in [1.165, 1.54) is 16.5 Å². The topological polar surface area (TPSA) is 139 Å². The number of hydrogen-bond donors (Lipinski definition) is 3. The van der Waals surface area contributed by atoms with Crippen molar-refractivity contribution < 1.29 is 40.8 Å². The summed E-state index contributed by atoms with van der Waals surface area (Å²) in [4.78, 5) is 42.4. The number of halogens is 3. The van der Waals surface area contributed by atoms with Gasteiger partial charge in [-0.05, 0) is 13.3 Å². The molecule has 2 heterocycles. The van der Waals surface area contributed by atoms with E-state index in [9.17, 15) is 36.0 Å². The van der Waals surface area contributed by atoms with E-state index in [0.717, 1.165) is 12.3 Å². The molecule has 1 atom stereocenters. The van der Waals surface area contributed by atoms with Gasteiger partial charge in [0, 0.05) is 55.8 Å². The SMILES string of the molecule is C=Cc1c(S(=O)(=O)N[C@@H]2CCN(C(=O)C(=O)NOCC)C2)cn(C)c1C(=O)Nc1cc(F)c(F)c(F)c1. The number of rotatable bonds is 8. The lowest BCUT2D eigenvalue weighted by atomic mass is 10.2. The molecule has 11 nitrogen and oxygen atoms in total. The molecule has 3 rings (SSSR count). The highest BCUT2D eigenvalue weighted by molar-refractivity contribution is 7.89. The van der Waals surface area contributed by atoms with Crippen LogP contribution in [-0.4, -0.2) is 61.3 Å². The number of carbonyl (C=O) groups excluding carboxylic acids is 3. The van der Waals surface area contributed by atoms with Gasteiger partial charge in [-0.1, -0.05) is 12.7 Å². The summed E-state index contributed by atoms with van der Waals surface area (Å²) in [7, 11) is -2.88. The number of nitrogens with zero attached hydrogens (tertiary/aromatic N) is 2. The fourth-order valence-electron chi connectivity index (χ4n) is 3.78. The van der Waals surface area contributed by atoms with Crippen molar-refractivity contribution in [3.63, 3.8) is 0 Å². The summed E-state index contributed by atoms with van der Waals surface area (Å²) in [5.41, 5.74) is 1.30. The average Bonchev–Trinajstić information content (AvgIpc) is 3.44. The van der Waals surface area contributed by atoms with Crippen molar-refractivity contribution in [2.24, 2.45) is 7.05 Å². The van der Waals surface area contributed by atoms with E-state index >= 15 is 0 Å². The predicted molar refractivity (Wildman–Crippen MR) is 125 cm³/mol. The van der Waals surface area contributed by atoms with Crippen LogP contribution >= 0.6 is 0 Å². The number of hydroxylamine groups is 1. The van der Waals surface area contributed by atoms with Crippen molar-refractivity contribution in [2.75, 3.05) is 25.0 Å². The number of carbonyl (C=O) groups is 3. The number of benzene rings is 1. The molecule has 0 aliphatic carbocycles. The highest BCUT2D eigenvalue weighted by Gasteiger charge is 2.34. The summed E-state index contributed by atoms with van der Waals surface area (Å²) in [5.74, 6) is -7.53. The van der Waals surface area contributed by atoms with Crippen LogP contribution in [0.2, 0.25) is 0 Å². The van der Waals surface area contributed by atoms with Crippen molar-refractivity contribution in [1.82, 2.24) is 19.7 Å². The smallest absolute Gasteiger partial charge is 0.333 e. The molecule has 3 N–H and O–H groups in total. The minimum absolute atomic E-state index is 0.0805. The van der Waals surface area contributed by atoms with Crippen LogP contribution < -0.4 is 15.5 Å². The summed E-state index contributed by atoms with van der Waals surface area (Å²) in [6, 6.07) is 0.427. The lowest BCUT2D eigenvalue weighted by molar-refractivity contribution is -0.152. The first-order valence-corrected chi connectivity index (χ1v) is 12.4. The Kier molecular flexibility index (Phi) is 8.40. The maximum absolute atomic E-state index is 13.5. The molecule has 0 unspecified atom stereocenters.